The topological polar surface area (TPSA) is 41.1 Å². The second-order valence-electron chi connectivity index (χ2n) is 4.02. The maximum Gasteiger partial charge on any atom is 0.144 e. The van der Waals surface area contributed by atoms with Gasteiger partial charge in [0.15, 0.2) is 0 Å². The fraction of sp³-hybridized carbons (Fsp3) is 0.333. The number of aromatic nitrogens is 2. The van der Waals surface area contributed by atoms with Crippen LogP contribution in [0.15, 0.2) is 24.5 Å². The quantitative estimate of drug-likeness (QED) is 0.916. The van der Waals surface area contributed by atoms with E-state index in [0.717, 1.165) is 28.9 Å². The van der Waals surface area contributed by atoms with E-state index in [9.17, 15) is 0 Å². The lowest BCUT2D eigenvalue weighted by Gasteiger charge is -2.14. The minimum absolute atomic E-state index is 0.770. The lowest BCUT2D eigenvalue weighted by atomic mass is 10.4. The average molecular weight is 283 g/mol. The van der Waals surface area contributed by atoms with Gasteiger partial charge in [-0.05, 0) is 19.2 Å². The van der Waals surface area contributed by atoms with Gasteiger partial charge in [-0.2, -0.15) is 0 Å². The van der Waals surface area contributed by atoms with Crippen LogP contribution in [0.5, 0.6) is 0 Å². The molecule has 6 heteroatoms. The van der Waals surface area contributed by atoms with Gasteiger partial charge in [0.2, 0.25) is 0 Å². The maximum atomic E-state index is 5.91. The molecule has 0 amide bonds. The third-order valence-corrected chi connectivity index (χ3v) is 3.66. The molecule has 2 rings (SSSR count). The van der Waals surface area contributed by atoms with E-state index in [2.05, 4.69) is 33.3 Å². The predicted molar refractivity (Wildman–Crippen MR) is 76.1 cm³/mol. The Hall–Kier alpha value is -1.17. The third-order valence-electron chi connectivity index (χ3n) is 2.45. The normalized spacial score (nSPS) is 10.9. The molecule has 4 nitrogen and oxygen atoms in total. The average Bonchev–Trinajstić information content (AvgIpc) is 2.75. The Kier molecular flexibility index (Phi) is 4.52. The molecule has 0 unspecified atom stereocenters. The molecule has 0 radical (unpaired) electrons. The summed E-state index contributed by atoms with van der Waals surface area (Å²) < 4.78 is 0.830. The first-order chi connectivity index (χ1) is 8.67. The summed E-state index contributed by atoms with van der Waals surface area (Å²) in [7, 11) is 3.89. The molecule has 2 heterocycles. The number of halogens is 1. The van der Waals surface area contributed by atoms with Crippen LogP contribution in [0, 0.1) is 0 Å². The van der Waals surface area contributed by atoms with Crippen LogP contribution in [0.3, 0.4) is 0 Å². The number of nitrogens with zero attached hydrogens (tertiary/aromatic N) is 3. The molecule has 0 aromatic carbocycles. The zero-order valence-corrected chi connectivity index (χ0v) is 11.9. The van der Waals surface area contributed by atoms with Gasteiger partial charge in [-0.25, -0.2) is 4.98 Å². The molecule has 0 atom stereocenters. The van der Waals surface area contributed by atoms with Gasteiger partial charge < -0.3 is 5.32 Å². The number of nitrogens with one attached hydrogen (secondary N) is 1. The number of hydrogen-bond donors (Lipinski definition) is 1. The predicted octanol–water partition coefficient (Wildman–Crippen LogP) is 2.87. The van der Waals surface area contributed by atoms with Gasteiger partial charge in [-0.3, -0.25) is 9.88 Å². The second-order valence-corrected chi connectivity index (χ2v) is 5.82. The fourth-order valence-corrected chi connectivity index (χ4v) is 2.77. The zero-order chi connectivity index (χ0) is 13.0. The van der Waals surface area contributed by atoms with E-state index in [4.69, 9.17) is 11.6 Å². The Morgan fingerprint density at radius 1 is 1.28 bits per heavy atom. The molecule has 0 saturated heterocycles. The highest BCUT2D eigenvalue weighted by molar-refractivity contribution is 7.16. The van der Waals surface area contributed by atoms with Crippen molar-refractivity contribution in [3.63, 3.8) is 0 Å². The Balaban J connectivity index is 1.91. The molecule has 0 aliphatic heterocycles. The molecule has 18 heavy (non-hydrogen) atoms. The van der Waals surface area contributed by atoms with Gasteiger partial charge in [0, 0.05) is 25.0 Å². The summed E-state index contributed by atoms with van der Waals surface area (Å²) in [6.45, 7) is 1.64. The molecule has 0 saturated carbocycles. The largest absolute Gasteiger partial charge is 0.372 e. The van der Waals surface area contributed by atoms with Crippen LogP contribution in [-0.4, -0.2) is 29.0 Å². The molecule has 0 aliphatic carbocycles. The standard InChI is InChI=1S/C12H15ClN4S/c1-14-12-6-15-9(5-16-12)7-17(2)8-10-3-4-11(13)18-10/h3-6H,7-8H2,1-2H3,(H,14,16). The summed E-state index contributed by atoms with van der Waals surface area (Å²) in [5, 5.41) is 2.95. The van der Waals surface area contributed by atoms with Crippen molar-refractivity contribution in [3.05, 3.63) is 39.4 Å². The second kappa shape index (κ2) is 6.13. The summed E-state index contributed by atoms with van der Waals surface area (Å²) in [5.74, 6) is 0.784. The summed E-state index contributed by atoms with van der Waals surface area (Å²) in [6.07, 6.45) is 3.54. The number of rotatable bonds is 5. The first kappa shape index (κ1) is 13.3. The Morgan fingerprint density at radius 2 is 2.11 bits per heavy atom. The fourth-order valence-electron chi connectivity index (χ4n) is 1.60. The van der Waals surface area contributed by atoms with Crippen molar-refractivity contribution in [2.45, 2.75) is 13.1 Å². The minimum atomic E-state index is 0.770. The van der Waals surface area contributed by atoms with Crippen molar-refractivity contribution >= 4 is 28.8 Å². The van der Waals surface area contributed by atoms with Crippen LogP contribution in [0.4, 0.5) is 5.82 Å². The summed E-state index contributed by atoms with van der Waals surface area (Å²) >= 11 is 7.52. The summed E-state index contributed by atoms with van der Waals surface area (Å²) in [5.41, 5.74) is 0.958. The van der Waals surface area contributed by atoms with Crippen molar-refractivity contribution < 1.29 is 0 Å². The molecular formula is C12H15ClN4S. The van der Waals surface area contributed by atoms with Crippen molar-refractivity contribution in [2.24, 2.45) is 0 Å². The molecule has 0 bridgehead atoms. The van der Waals surface area contributed by atoms with Gasteiger partial charge >= 0.3 is 0 Å². The van der Waals surface area contributed by atoms with Crippen LogP contribution < -0.4 is 5.32 Å². The first-order valence-electron chi connectivity index (χ1n) is 5.59. The van der Waals surface area contributed by atoms with Crippen molar-refractivity contribution in [1.29, 1.82) is 0 Å². The highest BCUT2D eigenvalue weighted by atomic mass is 35.5. The number of thiophene rings is 1. The summed E-state index contributed by atoms with van der Waals surface area (Å²) in [6, 6.07) is 3.98. The zero-order valence-electron chi connectivity index (χ0n) is 10.4. The smallest absolute Gasteiger partial charge is 0.144 e. The number of hydrogen-bond acceptors (Lipinski definition) is 5. The molecule has 2 aromatic heterocycles. The van der Waals surface area contributed by atoms with Crippen molar-refractivity contribution in [2.75, 3.05) is 19.4 Å². The van der Waals surface area contributed by atoms with E-state index in [1.807, 2.05) is 13.1 Å². The van der Waals surface area contributed by atoms with Gasteiger partial charge in [-0.15, -0.1) is 11.3 Å². The van der Waals surface area contributed by atoms with Crippen LogP contribution >= 0.6 is 22.9 Å². The van der Waals surface area contributed by atoms with E-state index in [1.165, 1.54) is 4.88 Å². The van der Waals surface area contributed by atoms with E-state index in [-0.39, 0.29) is 0 Å². The number of anilines is 1. The SMILES string of the molecule is CNc1cnc(CN(C)Cc2ccc(Cl)s2)cn1. The molecule has 1 N–H and O–H groups in total. The van der Waals surface area contributed by atoms with Gasteiger partial charge in [0.05, 0.1) is 22.4 Å². The Labute approximate surface area is 116 Å². The third kappa shape index (κ3) is 3.66. The van der Waals surface area contributed by atoms with Crippen LogP contribution in [0.25, 0.3) is 0 Å². The van der Waals surface area contributed by atoms with Gasteiger partial charge in [0.1, 0.15) is 5.82 Å². The van der Waals surface area contributed by atoms with Crippen molar-refractivity contribution in [3.8, 4) is 0 Å². The molecule has 0 aliphatic rings. The molecule has 2 aromatic rings. The minimum Gasteiger partial charge on any atom is -0.372 e. The van der Waals surface area contributed by atoms with Crippen molar-refractivity contribution in [1.82, 2.24) is 14.9 Å². The van der Waals surface area contributed by atoms with Crippen LogP contribution in [-0.2, 0) is 13.1 Å². The Morgan fingerprint density at radius 3 is 2.67 bits per heavy atom. The van der Waals surface area contributed by atoms with Crippen LogP contribution in [0.2, 0.25) is 4.34 Å². The van der Waals surface area contributed by atoms with E-state index < -0.39 is 0 Å². The Bertz CT molecular complexity index is 497. The van der Waals surface area contributed by atoms with E-state index in [0.29, 0.717) is 0 Å². The molecule has 96 valence electrons. The lowest BCUT2D eigenvalue weighted by molar-refractivity contribution is 0.317. The molecule has 0 spiro atoms. The van der Waals surface area contributed by atoms with E-state index in [1.54, 1.807) is 23.7 Å². The van der Waals surface area contributed by atoms with Gasteiger partial charge in [-0.1, -0.05) is 11.6 Å². The van der Waals surface area contributed by atoms with Crippen LogP contribution in [0.1, 0.15) is 10.6 Å². The first-order valence-corrected chi connectivity index (χ1v) is 6.78. The highest BCUT2D eigenvalue weighted by Crippen LogP contribution is 2.22. The molecular weight excluding hydrogens is 268 g/mol. The maximum absolute atomic E-state index is 5.91. The monoisotopic (exact) mass is 282 g/mol. The summed E-state index contributed by atoms with van der Waals surface area (Å²) in [4.78, 5) is 12.0. The lowest BCUT2D eigenvalue weighted by Crippen LogP contribution is -2.17. The van der Waals surface area contributed by atoms with Gasteiger partial charge in [0.25, 0.3) is 0 Å². The molecule has 0 fully saturated rings. The van der Waals surface area contributed by atoms with E-state index >= 15 is 0 Å². The highest BCUT2D eigenvalue weighted by Gasteiger charge is 2.05.